The molecule has 1 aromatic rings. The van der Waals surface area contributed by atoms with Gasteiger partial charge in [-0.2, -0.15) is 0 Å². The lowest BCUT2D eigenvalue weighted by Gasteiger charge is -2.45. The lowest BCUT2D eigenvalue weighted by Crippen LogP contribution is -2.48. The molecule has 1 unspecified atom stereocenters. The molecule has 2 N–H and O–H groups in total. The molecule has 0 heterocycles. The Hall–Kier alpha value is -1.06. The van der Waals surface area contributed by atoms with Gasteiger partial charge in [-0.1, -0.05) is 12.1 Å². The van der Waals surface area contributed by atoms with Crippen molar-refractivity contribution in [2.24, 2.45) is 5.73 Å². The Kier molecular flexibility index (Phi) is 3.04. The first-order valence-corrected chi connectivity index (χ1v) is 6.81. The minimum absolute atomic E-state index is 0.0359. The summed E-state index contributed by atoms with van der Waals surface area (Å²) in [4.78, 5) is 0. The quantitative estimate of drug-likeness (QED) is 0.870. The molecule has 2 aliphatic rings. The van der Waals surface area contributed by atoms with Crippen molar-refractivity contribution in [2.45, 2.75) is 49.9 Å². The number of benzene rings is 1. The summed E-state index contributed by atoms with van der Waals surface area (Å²) in [7, 11) is 1.77. The van der Waals surface area contributed by atoms with E-state index in [0.717, 1.165) is 24.2 Å². The molecule has 0 aliphatic heterocycles. The molecule has 0 spiro atoms. The minimum atomic E-state index is -0.140. The summed E-state index contributed by atoms with van der Waals surface area (Å²) < 4.78 is 11.4. The molecule has 0 aromatic heterocycles. The largest absolute Gasteiger partial charge is 0.490 e. The van der Waals surface area contributed by atoms with E-state index in [1.165, 1.54) is 19.3 Å². The normalized spacial score (nSPS) is 23.2. The fourth-order valence-corrected chi connectivity index (χ4v) is 2.60. The second-order valence-corrected chi connectivity index (χ2v) is 5.49. The highest BCUT2D eigenvalue weighted by Crippen LogP contribution is 2.43. The first kappa shape index (κ1) is 12.0. The summed E-state index contributed by atoms with van der Waals surface area (Å²) in [5, 5.41) is 0. The van der Waals surface area contributed by atoms with Crippen molar-refractivity contribution in [3.63, 3.8) is 0 Å². The molecule has 0 bridgehead atoms. The first-order valence-electron chi connectivity index (χ1n) is 6.81. The SMILES string of the molecule is COC1(C(N)c2ccc(OC3CC3)cc2)CCC1. The Morgan fingerprint density at radius 1 is 1.22 bits per heavy atom. The Morgan fingerprint density at radius 2 is 1.89 bits per heavy atom. The highest BCUT2D eigenvalue weighted by Gasteiger charge is 2.43. The van der Waals surface area contributed by atoms with E-state index >= 15 is 0 Å². The third-order valence-electron chi connectivity index (χ3n) is 4.24. The molecule has 0 amide bonds. The highest BCUT2D eigenvalue weighted by atomic mass is 16.5. The first-order chi connectivity index (χ1) is 8.73. The van der Waals surface area contributed by atoms with Gasteiger partial charge in [0.15, 0.2) is 0 Å². The zero-order valence-corrected chi connectivity index (χ0v) is 10.9. The van der Waals surface area contributed by atoms with Gasteiger partial charge in [-0.15, -0.1) is 0 Å². The number of ether oxygens (including phenoxy) is 2. The van der Waals surface area contributed by atoms with Crippen LogP contribution in [-0.4, -0.2) is 18.8 Å². The average Bonchev–Trinajstić information content (AvgIpc) is 3.13. The minimum Gasteiger partial charge on any atom is -0.490 e. The van der Waals surface area contributed by atoms with E-state index < -0.39 is 0 Å². The maximum absolute atomic E-state index is 6.34. The predicted octanol–water partition coefficient (Wildman–Crippen LogP) is 2.80. The van der Waals surface area contributed by atoms with E-state index in [-0.39, 0.29) is 11.6 Å². The van der Waals surface area contributed by atoms with Crippen LogP contribution in [0.2, 0.25) is 0 Å². The lowest BCUT2D eigenvalue weighted by molar-refractivity contribution is -0.0911. The van der Waals surface area contributed by atoms with Gasteiger partial charge < -0.3 is 15.2 Å². The van der Waals surface area contributed by atoms with Gasteiger partial charge in [-0.3, -0.25) is 0 Å². The smallest absolute Gasteiger partial charge is 0.119 e. The van der Waals surface area contributed by atoms with Crippen molar-refractivity contribution in [2.75, 3.05) is 7.11 Å². The summed E-state index contributed by atoms with van der Waals surface area (Å²) in [5.41, 5.74) is 7.34. The summed E-state index contributed by atoms with van der Waals surface area (Å²) in [6.45, 7) is 0. The van der Waals surface area contributed by atoms with Gasteiger partial charge in [-0.05, 0) is 49.8 Å². The monoisotopic (exact) mass is 247 g/mol. The molecule has 1 atom stereocenters. The molecule has 2 aliphatic carbocycles. The van der Waals surface area contributed by atoms with E-state index in [0.29, 0.717) is 6.10 Å². The molecule has 2 fully saturated rings. The standard InChI is InChI=1S/C15H21NO2/c1-17-15(9-2-10-15)14(16)11-3-5-12(6-4-11)18-13-7-8-13/h3-6,13-14H,2,7-10,16H2,1H3. The number of nitrogens with two attached hydrogens (primary N) is 1. The van der Waals surface area contributed by atoms with Crippen LogP contribution >= 0.6 is 0 Å². The van der Waals surface area contributed by atoms with Crippen molar-refractivity contribution in [1.29, 1.82) is 0 Å². The number of methoxy groups -OCH3 is 1. The Balaban J connectivity index is 1.71. The third kappa shape index (κ3) is 2.13. The molecular formula is C15H21NO2. The van der Waals surface area contributed by atoms with E-state index in [1.54, 1.807) is 7.11 Å². The maximum Gasteiger partial charge on any atom is 0.119 e. The maximum atomic E-state index is 6.34. The highest BCUT2D eigenvalue weighted by molar-refractivity contribution is 5.31. The molecule has 1 aromatic carbocycles. The van der Waals surface area contributed by atoms with Crippen LogP contribution in [0.3, 0.4) is 0 Å². The zero-order valence-electron chi connectivity index (χ0n) is 10.9. The van der Waals surface area contributed by atoms with Gasteiger partial charge in [0.2, 0.25) is 0 Å². The predicted molar refractivity (Wildman–Crippen MR) is 70.6 cm³/mol. The van der Waals surface area contributed by atoms with Gasteiger partial charge in [0, 0.05) is 7.11 Å². The molecule has 98 valence electrons. The molecule has 3 heteroatoms. The van der Waals surface area contributed by atoms with Crippen molar-refractivity contribution in [1.82, 2.24) is 0 Å². The molecule has 0 radical (unpaired) electrons. The van der Waals surface area contributed by atoms with Crippen molar-refractivity contribution in [3.8, 4) is 5.75 Å². The van der Waals surface area contributed by atoms with Crippen LogP contribution < -0.4 is 10.5 Å². The fourth-order valence-electron chi connectivity index (χ4n) is 2.60. The van der Waals surface area contributed by atoms with E-state index in [2.05, 4.69) is 12.1 Å². The van der Waals surface area contributed by atoms with Gasteiger partial charge in [-0.25, -0.2) is 0 Å². The van der Waals surface area contributed by atoms with E-state index in [9.17, 15) is 0 Å². The number of hydrogen-bond acceptors (Lipinski definition) is 3. The Bertz CT molecular complexity index is 401. The number of hydrogen-bond donors (Lipinski definition) is 1. The van der Waals surface area contributed by atoms with Crippen molar-refractivity contribution in [3.05, 3.63) is 29.8 Å². The summed E-state index contributed by atoms with van der Waals surface area (Å²) in [6.07, 6.45) is 6.16. The van der Waals surface area contributed by atoms with Crippen LogP contribution in [0.5, 0.6) is 5.75 Å². The Morgan fingerprint density at radius 3 is 2.33 bits per heavy atom. The van der Waals surface area contributed by atoms with Crippen LogP contribution in [0.4, 0.5) is 0 Å². The van der Waals surface area contributed by atoms with Crippen LogP contribution in [0.1, 0.15) is 43.7 Å². The van der Waals surface area contributed by atoms with Crippen LogP contribution in [0.15, 0.2) is 24.3 Å². The lowest BCUT2D eigenvalue weighted by atomic mass is 9.72. The van der Waals surface area contributed by atoms with Crippen LogP contribution in [0, 0.1) is 0 Å². The second kappa shape index (κ2) is 4.56. The van der Waals surface area contributed by atoms with Gasteiger partial charge in [0.25, 0.3) is 0 Å². The fraction of sp³-hybridized carbons (Fsp3) is 0.600. The van der Waals surface area contributed by atoms with E-state index in [4.69, 9.17) is 15.2 Å². The van der Waals surface area contributed by atoms with Crippen LogP contribution in [-0.2, 0) is 4.74 Å². The summed E-state index contributed by atoms with van der Waals surface area (Å²) in [5.74, 6) is 0.952. The molecule has 18 heavy (non-hydrogen) atoms. The second-order valence-electron chi connectivity index (χ2n) is 5.49. The summed E-state index contributed by atoms with van der Waals surface area (Å²) >= 11 is 0. The van der Waals surface area contributed by atoms with Gasteiger partial charge in [0.05, 0.1) is 17.7 Å². The Labute approximate surface area is 108 Å². The van der Waals surface area contributed by atoms with Crippen molar-refractivity contribution >= 4 is 0 Å². The zero-order chi connectivity index (χ0) is 12.6. The molecular weight excluding hydrogens is 226 g/mol. The van der Waals surface area contributed by atoms with Crippen LogP contribution in [0.25, 0.3) is 0 Å². The van der Waals surface area contributed by atoms with Gasteiger partial charge >= 0.3 is 0 Å². The molecule has 3 rings (SSSR count). The van der Waals surface area contributed by atoms with Crippen molar-refractivity contribution < 1.29 is 9.47 Å². The molecule has 3 nitrogen and oxygen atoms in total. The molecule has 2 saturated carbocycles. The average molecular weight is 247 g/mol. The number of rotatable bonds is 5. The third-order valence-corrected chi connectivity index (χ3v) is 4.24. The molecule has 0 saturated heterocycles. The van der Waals surface area contributed by atoms with E-state index in [1.807, 2.05) is 12.1 Å². The summed E-state index contributed by atoms with van der Waals surface area (Å²) in [6, 6.07) is 8.15. The topological polar surface area (TPSA) is 44.5 Å². The van der Waals surface area contributed by atoms with Gasteiger partial charge in [0.1, 0.15) is 5.75 Å².